The number of pyridine rings is 1. The molecule has 4 rings (SSSR count). The van der Waals surface area contributed by atoms with E-state index in [4.69, 9.17) is 4.74 Å². The van der Waals surface area contributed by atoms with Crippen molar-refractivity contribution in [3.8, 4) is 0 Å². The van der Waals surface area contributed by atoms with Crippen LogP contribution in [0, 0.1) is 6.92 Å². The molecule has 150 valence electrons. The van der Waals surface area contributed by atoms with Gasteiger partial charge in [0.15, 0.2) is 0 Å². The van der Waals surface area contributed by atoms with Crippen molar-refractivity contribution in [2.75, 3.05) is 50.0 Å². The van der Waals surface area contributed by atoms with Gasteiger partial charge in [-0.05, 0) is 19.1 Å². The van der Waals surface area contributed by atoms with Crippen molar-refractivity contribution < 1.29 is 9.53 Å². The third-order valence-electron chi connectivity index (χ3n) is 4.79. The first kappa shape index (κ1) is 19.2. The lowest BCUT2D eigenvalue weighted by Crippen LogP contribution is -2.39. The molecule has 0 atom stereocenters. The van der Waals surface area contributed by atoms with Crippen molar-refractivity contribution >= 4 is 28.3 Å². The van der Waals surface area contributed by atoms with Gasteiger partial charge in [-0.15, -0.1) is 0 Å². The van der Waals surface area contributed by atoms with E-state index in [0.29, 0.717) is 23.0 Å². The number of anilines is 2. The summed E-state index contributed by atoms with van der Waals surface area (Å²) in [5.41, 5.74) is 1.73. The molecule has 0 saturated carbocycles. The van der Waals surface area contributed by atoms with Crippen LogP contribution in [0.5, 0.6) is 0 Å². The van der Waals surface area contributed by atoms with Crippen LogP contribution in [-0.4, -0.2) is 65.2 Å². The van der Waals surface area contributed by atoms with Gasteiger partial charge >= 0.3 is 0 Å². The summed E-state index contributed by atoms with van der Waals surface area (Å²) in [4.78, 5) is 28.2. The van der Waals surface area contributed by atoms with Crippen LogP contribution in [0.15, 0.2) is 42.6 Å². The second kappa shape index (κ2) is 8.93. The number of benzene rings is 1. The fourth-order valence-electron chi connectivity index (χ4n) is 3.33. The molecule has 3 aromatic rings. The van der Waals surface area contributed by atoms with Gasteiger partial charge in [0.25, 0.3) is 5.91 Å². The summed E-state index contributed by atoms with van der Waals surface area (Å²) >= 11 is 0. The number of para-hydroxylation sites is 1. The van der Waals surface area contributed by atoms with E-state index in [1.54, 1.807) is 19.2 Å². The summed E-state index contributed by atoms with van der Waals surface area (Å²) in [5, 5.41) is 7.18. The molecule has 2 aromatic heterocycles. The minimum absolute atomic E-state index is 0.287. The number of amides is 1. The molecular formula is C21H24N6O2. The highest BCUT2D eigenvalue weighted by molar-refractivity contribution is 6.07. The van der Waals surface area contributed by atoms with Gasteiger partial charge in [0, 0.05) is 43.8 Å². The van der Waals surface area contributed by atoms with E-state index in [1.165, 1.54) is 0 Å². The minimum Gasteiger partial charge on any atom is -0.379 e. The van der Waals surface area contributed by atoms with E-state index in [0.717, 1.165) is 50.3 Å². The van der Waals surface area contributed by atoms with Crippen LogP contribution in [0.4, 0.5) is 11.5 Å². The summed E-state index contributed by atoms with van der Waals surface area (Å²) in [6, 6.07) is 11.2. The average Bonchev–Trinajstić information content (AvgIpc) is 2.74. The molecule has 2 N–H and O–H groups in total. The molecule has 0 unspecified atom stereocenters. The van der Waals surface area contributed by atoms with Crippen molar-refractivity contribution in [2.45, 2.75) is 6.92 Å². The summed E-state index contributed by atoms with van der Waals surface area (Å²) in [6.07, 6.45) is 1.71. The fraction of sp³-hybridized carbons (Fsp3) is 0.333. The highest BCUT2D eigenvalue weighted by Gasteiger charge is 2.14. The molecular weight excluding hydrogens is 368 g/mol. The number of morpholine rings is 1. The van der Waals surface area contributed by atoms with Crippen LogP contribution in [0.3, 0.4) is 0 Å². The van der Waals surface area contributed by atoms with Crippen molar-refractivity contribution in [3.63, 3.8) is 0 Å². The highest BCUT2D eigenvalue weighted by Crippen LogP contribution is 2.21. The first-order valence-corrected chi connectivity index (χ1v) is 9.74. The maximum Gasteiger partial charge on any atom is 0.274 e. The SMILES string of the molecule is Cc1nc(NCCN2CCOCC2)cc(C(=O)Nc2cccc3cccnc23)n1. The molecule has 0 spiro atoms. The lowest BCUT2D eigenvalue weighted by molar-refractivity contribution is 0.0398. The number of nitrogens with zero attached hydrogens (tertiary/aromatic N) is 4. The van der Waals surface area contributed by atoms with E-state index < -0.39 is 0 Å². The van der Waals surface area contributed by atoms with Crippen LogP contribution >= 0.6 is 0 Å². The van der Waals surface area contributed by atoms with E-state index in [-0.39, 0.29) is 5.91 Å². The number of hydrogen-bond acceptors (Lipinski definition) is 7. The van der Waals surface area contributed by atoms with Crippen molar-refractivity contribution in [1.29, 1.82) is 0 Å². The highest BCUT2D eigenvalue weighted by atomic mass is 16.5. The van der Waals surface area contributed by atoms with Gasteiger partial charge in [-0.3, -0.25) is 14.7 Å². The molecule has 1 fully saturated rings. The van der Waals surface area contributed by atoms with Gasteiger partial charge in [0.05, 0.1) is 24.4 Å². The third kappa shape index (κ3) is 4.85. The summed E-state index contributed by atoms with van der Waals surface area (Å²) in [6.45, 7) is 6.86. The Morgan fingerprint density at radius 2 is 2.00 bits per heavy atom. The van der Waals surface area contributed by atoms with Crippen LogP contribution < -0.4 is 10.6 Å². The molecule has 1 aliphatic heterocycles. The first-order valence-electron chi connectivity index (χ1n) is 9.74. The molecule has 8 nitrogen and oxygen atoms in total. The second-order valence-electron chi connectivity index (χ2n) is 6.90. The summed E-state index contributed by atoms with van der Waals surface area (Å²) in [7, 11) is 0. The van der Waals surface area contributed by atoms with E-state index in [2.05, 4.69) is 30.5 Å². The number of ether oxygens (including phenoxy) is 1. The average molecular weight is 392 g/mol. The molecule has 0 aliphatic carbocycles. The Hall–Kier alpha value is -3.10. The number of fused-ring (bicyclic) bond motifs is 1. The minimum atomic E-state index is -0.287. The summed E-state index contributed by atoms with van der Waals surface area (Å²) < 4.78 is 5.37. The molecule has 1 saturated heterocycles. The molecule has 29 heavy (non-hydrogen) atoms. The number of hydrogen-bond donors (Lipinski definition) is 2. The van der Waals surface area contributed by atoms with Crippen molar-refractivity contribution in [3.05, 3.63) is 54.1 Å². The molecule has 0 radical (unpaired) electrons. The molecule has 0 bridgehead atoms. The second-order valence-corrected chi connectivity index (χ2v) is 6.90. The smallest absolute Gasteiger partial charge is 0.274 e. The molecule has 8 heteroatoms. The number of rotatable bonds is 6. The van der Waals surface area contributed by atoms with E-state index >= 15 is 0 Å². The Labute approximate surface area is 169 Å². The van der Waals surface area contributed by atoms with E-state index in [9.17, 15) is 4.79 Å². The van der Waals surface area contributed by atoms with Gasteiger partial charge in [0.2, 0.25) is 0 Å². The Kier molecular flexibility index (Phi) is 5.92. The van der Waals surface area contributed by atoms with Gasteiger partial charge < -0.3 is 15.4 Å². The predicted octanol–water partition coefficient (Wildman–Crippen LogP) is 2.33. The molecule has 1 aliphatic rings. The summed E-state index contributed by atoms with van der Waals surface area (Å²) in [5.74, 6) is 0.902. The molecule has 1 aromatic carbocycles. The Morgan fingerprint density at radius 1 is 1.17 bits per heavy atom. The lowest BCUT2D eigenvalue weighted by Gasteiger charge is -2.26. The quantitative estimate of drug-likeness (QED) is 0.665. The van der Waals surface area contributed by atoms with Gasteiger partial charge in [0.1, 0.15) is 17.3 Å². The number of carbonyl (C=O) groups is 1. The zero-order valence-corrected chi connectivity index (χ0v) is 16.4. The lowest BCUT2D eigenvalue weighted by atomic mass is 10.2. The monoisotopic (exact) mass is 392 g/mol. The van der Waals surface area contributed by atoms with Crippen molar-refractivity contribution in [2.24, 2.45) is 0 Å². The number of aromatic nitrogens is 3. The largest absolute Gasteiger partial charge is 0.379 e. The maximum absolute atomic E-state index is 12.8. The topological polar surface area (TPSA) is 92.3 Å². The molecule has 1 amide bonds. The van der Waals surface area contributed by atoms with Gasteiger partial charge in [-0.1, -0.05) is 18.2 Å². The van der Waals surface area contributed by atoms with Crippen LogP contribution in [0.1, 0.15) is 16.3 Å². The number of aryl methyl sites for hydroxylation is 1. The van der Waals surface area contributed by atoms with Crippen molar-refractivity contribution in [1.82, 2.24) is 19.9 Å². The Morgan fingerprint density at radius 3 is 2.86 bits per heavy atom. The normalized spacial score (nSPS) is 14.7. The third-order valence-corrected chi connectivity index (χ3v) is 4.79. The van der Waals surface area contributed by atoms with Crippen LogP contribution in [-0.2, 0) is 4.74 Å². The maximum atomic E-state index is 12.8. The zero-order chi connectivity index (χ0) is 20.1. The Balaban J connectivity index is 1.44. The van der Waals surface area contributed by atoms with E-state index in [1.807, 2.05) is 30.3 Å². The first-order chi connectivity index (χ1) is 14.2. The van der Waals surface area contributed by atoms with Gasteiger partial charge in [-0.2, -0.15) is 0 Å². The van der Waals surface area contributed by atoms with Crippen LogP contribution in [0.25, 0.3) is 10.9 Å². The van der Waals surface area contributed by atoms with Gasteiger partial charge in [-0.25, -0.2) is 9.97 Å². The number of nitrogens with one attached hydrogen (secondary N) is 2. The number of carbonyl (C=O) groups excluding carboxylic acids is 1. The standard InChI is InChI=1S/C21H24N6O2/c1-15-24-18(14-19(25-15)22-8-9-27-10-12-29-13-11-27)21(28)26-17-6-2-4-16-5-3-7-23-20(16)17/h2-7,14H,8-13H2,1H3,(H,26,28)(H,22,24,25). The predicted molar refractivity (Wildman–Crippen MR) is 112 cm³/mol. The Bertz CT molecular complexity index is 998. The van der Waals surface area contributed by atoms with Crippen LogP contribution in [0.2, 0.25) is 0 Å². The fourth-order valence-corrected chi connectivity index (χ4v) is 3.33. The molecule has 3 heterocycles. The zero-order valence-electron chi connectivity index (χ0n) is 16.4.